The lowest BCUT2D eigenvalue weighted by atomic mass is 10.0. The van der Waals surface area contributed by atoms with Gasteiger partial charge in [0.05, 0.1) is 0 Å². The first-order valence-electron chi connectivity index (χ1n) is 7.03. The standard InChI is InChI=1S/C18H22N2O/c1-11-7-13(3)16(14(4)8-11)10-21-17-9-15(18(19)20)6-5-12(17)2/h5-9H,10H2,1-4H3,(H3,19,20). The predicted octanol–water partition coefficient (Wildman–Crippen LogP) is 3.78. The maximum absolute atomic E-state index is 7.51. The van der Waals surface area contributed by atoms with Crippen molar-refractivity contribution in [2.45, 2.75) is 34.3 Å². The van der Waals surface area contributed by atoms with Crippen molar-refractivity contribution in [3.05, 3.63) is 63.7 Å². The highest BCUT2D eigenvalue weighted by Crippen LogP contribution is 2.23. The van der Waals surface area contributed by atoms with E-state index in [1.165, 1.54) is 22.3 Å². The lowest BCUT2D eigenvalue weighted by Gasteiger charge is -2.15. The van der Waals surface area contributed by atoms with Gasteiger partial charge in [-0.1, -0.05) is 29.8 Å². The van der Waals surface area contributed by atoms with Gasteiger partial charge in [-0.25, -0.2) is 0 Å². The topological polar surface area (TPSA) is 59.1 Å². The summed E-state index contributed by atoms with van der Waals surface area (Å²) in [4.78, 5) is 0. The highest BCUT2D eigenvalue weighted by molar-refractivity contribution is 5.95. The molecule has 0 heterocycles. The zero-order valence-electron chi connectivity index (χ0n) is 13.1. The van der Waals surface area contributed by atoms with Crippen LogP contribution in [0.4, 0.5) is 0 Å². The third-order valence-electron chi connectivity index (χ3n) is 3.71. The molecule has 0 bridgehead atoms. The van der Waals surface area contributed by atoms with E-state index >= 15 is 0 Å². The van der Waals surface area contributed by atoms with Crippen LogP contribution in [0, 0.1) is 33.1 Å². The minimum atomic E-state index is 0.0579. The third kappa shape index (κ3) is 3.43. The summed E-state index contributed by atoms with van der Waals surface area (Å²) in [5.41, 5.74) is 12.2. The summed E-state index contributed by atoms with van der Waals surface area (Å²) in [5, 5.41) is 7.51. The SMILES string of the molecule is Cc1cc(C)c(COc2cc(C(=N)N)ccc2C)c(C)c1. The molecule has 2 aromatic carbocycles. The van der Waals surface area contributed by atoms with Crippen LogP contribution in [-0.2, 0) is 6.61 Å². The Kier molecular flexibility index (Phi) is 4.32. The van der Waals surface area contributed by atoms with Gasteiger partial charge in [0.25, 0.3) is 0 Å². The van der Waals surface area contributed by atoms with Gasteiger partial charge in [-0.15, -0.1) is 0 Å². The van der Waals surface area contributed by atoms with Crippen molar-refractivity contribution in [1.82, 2.24) is 0 Å². The average Bonchev–Trinajstić information content (AvgIpc) is 2.39. The van der Waals surface area contributed by atoms with Gasteiger partial charge in [-0.05, 0) is 56.0 Å². The molecule has 0 aliphatic heterocycles. The highest BCUT2D eigenvalue weighted by atomic mass is 16.5. The first kappa shape index (κ1) is 15.1. The fourth-order valence-electron chi connectivity index (χ4n) is 2.51. The van der Waals surface area contributed by atoms with Gasteiger partial charge in [0.1, 0.15) is 18.2 Å². The van der Waals surface area contributed by atoms with Crippen molar-refractivity contribution in [3.8, 4) is 5.75 Å². The molecule has 3 N–H and O–H groups in total. The van der Waals surface area contributed by atoms with Crippen LogP contribution in [0.5, 0.6) is 5.75 Å². The summed E-state index contributed by atoms with van der Waals surface area (Å²) in [7, 11) is 0. The van der Waals surface area contributed by atoms with Gasteiger partial charge >= 0.3 is 0 Å². The number of nitrogens with two attached hydrogens (primary N) is 1. The van der Waals surface area contributed by atoms with Crippen molar-refractivity contribution >= 4 is 5.84 Å². The van der Waals surface area contributed by atoms with E-state index in [4.69, 9.17) is 15.9 Å². The lowest BCUT2D eigenvalue weighted by molar-refractivity contribution is 0.302. The van der Waals surface area contributed by atoms with Crippen molar-refractivity contribution in [2.75, 3.05) is 0 Å². The van der Waals surface area contributed by atoms with E-state index in [0.29, 0.717) is 12.2 Å². The van der Waals surface area contributed by atoms with Gasteiger partial charge in [0.2, 0.25) is 0 Å². The van der Waals surface area contributed by atoms with E-state index in [1.807, 2.05) is 25.1 Å². The molecule has 21 heavy (non-hydrogen) atoms. The number of nitrogen functional groups attached to an aromatic ring is 1. The fourth-order valence-corrected chi connectivity index (χ4v) is 2.51. The maximum atomic E-state index is 7.51. The van der Waals surface area contributed by atoms with E-state index in [0.717, 1.165) is 11.3 Å². The van der Waals surface area contributed by atoms with Crippen LogP contribution >= 0.6 is 0 Å². The quantitative estimate of drug-likeness (QED) is 0.662. The smallest absolute Gasteiger partial charge is 0.123 e. The Morgan fingerprint density at radius 1 is 1.00 bits per heavy atom. The zero-order valence-corrected chi connectivity index (χ0v) is 13.1. The van der Waals surface area contributed by atoms with E-state index in [1.54, 1.807) is 0 Å². The average molecular weight is 282 g/mol. The molecule has 0 fully saturated rings. The van der Waals surface area contributed by atoms with Gasteiger partial charge < -0.3 is 10.5 Å². The minimum absolute atomic E-state index is 0.0579. The highest BCUT2D eigenvalue weighted by Gasteiger charge is 2.08. The number of ether oxygens (including phenoxy) is 1. The molecule has 0 amide bonds. The summed E-state index contributed by atoms with van der Waals surface area (Å²) >= 11 is 0. The molecule has 0 saturated heterocycles. The molecule has 2 aromatic rings. The molecule has 110 valence electrons. The molecule has 3 heteroatoms. The number of aryl methyl sites for hydroxylation is 4. The van der Waals surface area contributed by atoms with Gasteiger partial charge in [-0.2, -0.15) is 0 Å². The third-order valence-corrected chi connectivity index (χ3v) is 3.71. The molecule has 2 rings (SSSR count). The Morgan fingerprint density at radius 2 is 1.62 bits per heavy atom. The van der Waals surface area contributed by atoms with E-state index in [2.05, 4.69) is 32.9 Å². The Balaban J connectivity index is 2.24. The Morgan fingerprint density at radius 3 is 2.19 bits per heavy atom. The van der Waals surface area contributed by atoms with Gasteiger partial charge in [-0.3, -0.25) is 5.41 Å². The molecular formula is C18H22N2O. The summed E-state index contributed by atoms with van der Waals surface area (Å²) in [6, 6.07) is 9.94. The first-order chi connectivity index (χ1) is 9.88. The number of hydrogen-bond donors (Lipinski definition) is 2. The molecule has 0 radical (unpaired) electrons. The first-order valence-corrected chi connectivity index (χ1v) is 7.03. The largest absolute Gasteiger partial charge is 0.489 e. The molecule has 0 atom stereocenters. The van der Waals surface area contributed by atoms with Crippen LogP contribution in [0.25, 0.3) is 0 Å². The Labute approximate surface area is 126 Å². The number of hydrogen-bond acceptors (Lipinski definition) is 2. The molecule has 0 aliphatic rings. The molecule has 3 nitrogen and oxygen atoms in total. The van der Waals surface area contributed by atoms with Crippen LogP contribution in [0.1, 0.15) is 33.4 Å². The van der Waals surface area contributed by atoms with Gasteiger partial charge in [0, 0.05) is 5.56 Å². The number of rotatable bonds is 4. The normalized spacial score (nSPS) is 10.5. The van der Waals surface area contributed by atoms with Crippen molar-refractivity contribution in [3.63, 3.8) is 0 Å². The second kappa shape index (κ2) is 6.00. The predicted molar refractivity (Wildman–Crippen MR) is 87.2 cm³/mol. The summed E-state index contributed by atoms with van der Waals surface area (Å²) < 4.78 is 5.96. The molecule has 0 spiro atoms. The molecule has 0 unspecified atom stereocenters. The summed E-state index contributed by atoms with van der Waals surface area (Å²) in [6.07, 6.45) is 0. The van der Waals surface area contributed by atoms with Crippen LogP contribution in [0.15, 0.2) is 30.3 Å². The van der Waals surface area contributed by atoms with Crippen molar-refractivity contribution in [1.29, 1.82) is 5.41 Å². The van der Waals surface area contributed by atoms with Crippen molar-refractivity contribution in [2.24, 2.45) is 5.73 Å². The number of nitrogens with one attached hydrogen (secondary N) is 1. The Bertz CT molecular complexity index is 667. The van der Waals surface area contributed by atoms with Crippen LogP contribution in [0.2, 0.25) is 0 Å². The fraction of sp³-hybridized carbons (Fsp3) is 0.278. The van der Waals surface area contributed by atoms with Crippen LogP contribution < -0.4 is 10.5 Å². The molecule has 0 aliphatic carbocycles. The minimum Gasteiger partial charge on any atom is -0.489 e. The monoisotopic (exact) mass is 282 g/mol. The maximum Gasteiger partial charge on any atom is 0.123 e. The second-order valence-electron chi connectivity index (χ2n) is 5.56. The summed E-state index contributed by atoms with van der Waals surface area (Å²) in [5.74, 6) is 0.838. The van der Waals surface area contributed by atoms with E-state index < -0.39 is 0 Å². The number of benzene rings is 2. The second-order valence-corrected chi connectivity index (χ2v) is 5.56. The van der Waals surface area contributed by atoms with E-state index in [-0.39, 0.29) is 5.84 Å². The lowest BCUT2D eigenvalue weighted by Crippen LogP contribution is -2.11. The molecular weight excluding hydrogens is 260 g/mol. The van der Waals surface area contributed by atoms with E-state index in [9.17, 15) is 0 Å². The van der Waals surface area contributed by atoms with Crippen LogP contribution in [0.3, 0.4) is 0 Å². The van der Waals surface area contributed by atoms with Crippen molar-refractivity contribution < 1.29 is 4.74 Å². The number of amidine groups is 1. The zero-order chi connectivity index (χ0) is 15.6. The molecule has 0 saturated carbocycles. The van der Waals surface area contributed by atoms with Crippen LogP contribution in [-0.4, -0.2) is 5.84 Å². The molecule has 0 aromatic heterocycles. The Hall–Kier alpha value is -2.29. The van der Waals surface area contributed by atoms with Gasteiger partial charge in [0.15, 0.2) is 0 Å². The summed E-state index contributed by atoms with van der Waals surface area (Å²) in [6.45, 7) is 8.84.